The third-order valence-corrected chi connectivity index (χ3v) is 18.9. The van der Waals surface area contributed by atoms with Gasteiger partial charge in [-0.15, -0.1) is 11.8 Å². The topological polar surface area (TPSA) is 212 Å². The Bertz CT molecular complexity index is 3210. The van der Waals surface area contributed by atoms with Crippen LogP contribution >= 0.6 is 11.8 Å². The van der Waals surface area contributed by atoms with E-state index in [2.05, 4.69) is 108 Å². The Morgan fingerprint density at radius 1 is 0.614 bits per heavy atom. The van der Waals surface area contributed by atoms with Crippen molar-refractivity contribution in [2.24, 2.45) is 67.6 Å². The molecule has 472 valence electrons. The van der Waals surface area contributed by atoms with Gasteiger partial charge in [0.05, 0.1) is 22.4 Å². The number of carboxylic acids is 2. The normalized spacial score (nSPS) is 22.3. The van der Waals surface area contributed by atoms with Crippen molar-refractivity contribution in [3.8, 4) is 11.1 Å². The fourth-order valence-electron chi connectivity index (χ4n) is 12.9. The number of benzene rings is 3. The van der Waals surface area contributed by atoms with E-state index in [1.54, 1.807) is 26.8 Å². The molecule has 2 fully saturated rings. The molecule has 7 rings (SSSR count). The van der Waals surface area contributed by atoms with Gasteiger partial charge in [0.1, 0.15) is 29.5 Å². The first-order valence-electron chi connectivity index (χ1n) is 31.1. The van der Waals surface area contributed by atoms with Crippen molar-refractivity contribution >= 4 is 70.8 Å². The number of aromatic carboxylic acids is 2. The molecule has 3 aliphatic rings. The van der Waals surface area contributed by atoms with Crippen LogP contribution in [0, 0.1) is 62.6 Å². The summed E-state index contributed by atoms with van der Waals surface area (Å²) in [5, 5.41) is 25.3. The summed E-state index contributed by atoms with van der Waals surface area (Å²) in [4.78, 5) is 94.5. The number of aromatic nitrogens is 1. The van der Waals surface area contributed by atoms with Gasteiger partial charge >= 0.3 is 23.9 Å². The molecule has 0 radical (unpaired) electrons. The molecule has 2 heterocycles. The van der Waals surface area contributed by atoms with Crippen molar-refractivity contribution < 1.29 is 67.9 Å². The molecule has 4 unspecified atom stereocenters. The van der Waals surface area contributed by atoms with Crippen LogP contribution in [-0.2, 0) is 43.3 Å². The van der Waals surface area contributed by atoms with E-state index in [1.807, 2.05) is 60.7 Å². The molecule has 16 heteroatoms. The maximum absolute atomic E-state index is 15.8. The summed E-state index contributed by atoms with van der Waals surface area (Å²) in [6.07, 6.45) is 6.01. The summed E-state index contributed by atoms with van der Waals surface area (Å²) in [5.74, 6) is -3.05. The van der Waals surface area contributed by atoms with Gasteiger partial charge in [0.2, 0.25) is 5.91 Å². The van der Waals surface area contributed by atoms with Crippen LogP contribution in [0.25, 0.3) is 22.8 Å². The predicted molar refractivity (Wildman–Crippen MR) is 347 cm³/mol. The Morgan fingerprint density at radius 2 is 1.07 bits per heavy atom. The van der Waals surface area contributed by atoms with E-state index in [9.17, 15) is 29.4 Å². The average molecular weight is 1270 g/mol. The molecular weight excluding hydrogens is 1180 g/mol. The fourth-order valence-corrected chi connectivity index (χ4v) is 13.9. The van der Waals surface area contributed by atoms with E-state index in [0.29, 0.717) is 64.0 Å². The van der Waals surface area contributed by atoms with E-state index in [1.165, 1.54) is 23.9 Å². The molecule has 0 saturated heterocycles. The summed E-state index contributed by atoms with van der Waals surface area (Å²) >= 11 is 1.34. The molecule has 88 heavy (non-hydrogen) atoms. The van der Waals surface area contributed by atoms with Crippen molar-refractivity contribution in [1.29, 1.82) is 0 Å². The molecule has 4 N–H and O–H groups in total. The van der Waals surface area contributed by atoms with Gasteiger partial charge in [-0.3, -0.25) is 9.59 Å². The third kappa shape index (κ3) is 17.4. The number of anilines is 1. The Kier molecular flexibility index (Phi) is 22.9. The molecule has 1 aromatic heterocycles. The maximum atomic E-state index is 15.8. The number of amidine groups is 1. The SMILES string of the molecule is CC1CC(C(C)(C)C)C(OC(=O)C2=C(c3ccccc3)/C(=C/c3[n-]c(NC(=O)C(C)(C)C)c(C(=O)OC4C(C(C)(C)C)CC(C)CC4C(C)(C)C)c3-c3ccccc3)N=C2NC(=O)CCCCCSc2cc(C(=O)O)cc(C(=O)O)c2)C(C(C)(C)C)C1.[Zn]. The Morgan fingerprint density at radius 3 is 1.51 bits per heavy atom. The number of allylic oxidation sites excluding steroid dienone is 1. The third-order valence-electron chi connectivity index (χ3n) is 17.8. The molecule has 14 nitrogen and oxygen atoms in total. The number of thioether (sulfide) groups is 1. The second kappa shape index (κ2) is 28.4. The van der Waals surface area contributed by atoms with Gasteiger partial charge in [0.25, 0.3) is 0 Å². The number of nitrogens with zero attached hydrogens (tertiary/aromatic N) is 2. The van der Waals surface area contributed by atoms with Crippen LogP contribution < -0.4 is 15.6 Å². The van der Waals surface area contributed by atoms with Gasteiger partial charge in [0, 0.05) is 65.5 Å². The van der Waals surface area contributed by atoms with Crippen molar-refractivity contribution in [2.45, 2.75) is 186 Å². The molecular formula is C72H95N4O10SZn-. The van der Waals surface area contributed by atoms with Gasteiger partial charge in [0.15, 0.2) is 0 Å². The number of hydrogen-bond donors (Lipinski definition) is 4. The number of unbranched alkanes of at least 4 members (excludes halogenated alkanes) is 2. The zero-order valence-corrected chi connectivity index (χ0v) is 59.0. The summed E-state index contributed by atoms with van der Waals surface area (Å²) in [6, 6.07) is 22.8. The number of aliphatic imine (C=N–C) groups is 1. The Hall–Kier alpha value is -6.12. The summed E-state index contributed by atoms with van der Waals surface area (Å²) in [6.45, 7) is 36.3. The van der Waals surface area contributed by atoms with E-state index >= 15 is 9.59 Å². The monoisotopic (exact) mass is 1270 g/mol. The van der Waals surface area contributed by atoms with Crippen molar-refractivity contribution in [3.05, 3.63) is 118 Å². The van der Waals surface area contributed by atoms with Crippen molar-refractivity contribution in [2.75, 3.05) is 11.1 Å². The van der Waals surface area contributed by atoms with Crippen molar-refractivity contribution in [3.63, 3.8) is 0 Å². The quantitative estimate of drug-likeness (QED) is 0.0337. The molecule has 0 spiro atoms. The van der Waals surface area contributed by atoms with Crippen LogP contribution in [0.1, 0.15) is 211 Å². The first-order chi connectivity index (χ1) is 40.4. The largest absolute Gasteiger partial charge is 0.478 e. The van der Waals surface area contributed by atoms with Gasteiger partial charge in [-0.05, 0) is 130 Å². The van der Waals surface area contributed by atoms with Crippen LogP contribution in [0.15, 0.2) is 100 Å². The zero-order valence-electron chi connectivity index (χ0n) is 55.2. The van der Waals surface area contributed by atoms with Gasteiger partial charge in [-0.2, -0.15) is 0 Å². The van der Waals surface area contributed by atoms with Crippen LogP contribution in [0.4, 0.5) is 5.82 Å². The second-order valence-corrected chi connectivity index (χ2v) is 31.3. The minimum Gasteiger partial charge on any atom is -0.478 e. The Labute approximate surface area is 539 Å². The first kappa shape index (κ1) is 71.0. The van der Waals surface area contributed by atoms with Crippen LogP contribution in [0.3, 0.4) is 0 Å². The smallest absolute Gasteiger partial charge is 0.342 e. The average Bonchev–Trinajstić information content (AvgIpc) is 1.85. The standard InChI is InChI=1S/C72H96N4O10S.Zn/c1-41-33-48(68(3,4)5)59(49(34-41)69(6,7)8)85-65(82)57-55(43-27-21-18-22-28-43)52(73-61(57)75-54(77)31-25-20-26-32-87-47-38-45(63(78)79)37-46(39-47)64(80)81)40-53-56(44-29-23-19-24-30-44)58(62(74-53)76-67(84)72(15,16)17)66(83)86-60-50(70(9,10)11)35-42(2)36-51(60)71(12,13)14;/h18-19,21-24,27-30,37-42,48-51,59-60H,20,25-26,31-36H2,1-17H3,(H5,73,74,75,76,77,78,79,80,81,82,83,84);/p-1. The summed E-state index contributed by atoms with van der Waals surface area (Å²) < 4.78 is 13.9. The molecule has 4 aromatic rings. The predicted octanol–water partition coefficient (Wildman–Crippen LogP) is 16.3. The van der Waals surface area contributed by atoms with Gasteiger partial charge in [-0.1, -0.05) is 185 Å². The number of carbonyl (C=O) groups is 6. The number of hydrogen-bond acceptors (Lipinski definition) is 10. The molecule has 2 aliphatic carbocycles. The molecule has 0 bridgehead atoms. The molecule has 2 amide bonds. The van der Waals surface area contributed by atoms with Crippen LogP contribution in [0.2, 0.25) is 0 Å². The van der Waals surface area contributed by atoms with Crippen LogP contribution in [0.5, 0.6) is 0 Å². The molecule has 3 aromatic carbocycles. The fraction of sp³-hybridized carbons (Fsp3) is 0.542. The number of nitrogens with one attached hydrogen (secondary N) is 2. The number of carboxylic acid groups (broad SMARTS) is 2. The van der Waals surface area contributed by atoms with Crippen molar-refractivity contribution in [1.82, 2.24) is 10.3 Å². The zero-order chi connectivity index (χ0) is 64.3. The summed E-state index contributed by atoms with van der Waals surface area (Å²) in [5.41, 5.74) is 0.722. The number of carbonyl (C=O) groups excluding carboxylic acids is 4. The van der Waals surface area contributed by atoms with Gasteiger partial charge < -0.3 is 35.3 Å². The van der Waals surface area contributed by atoms with E-state index < -0.39 is 41.5 Å². The minimum atomic E-state index is -1.22. The second-order valence-electron chi connectivity index (χ2n) is 30.1. The van der Waals surface area contributed by atoms with E-state index in [4.69, 9.17) is 19.5 Å². The first-order valence-corrected chi connectivity index (χ1v) is 32.1. The number of ether oxygens (including phenoxy) is 2. The van der Waals surface area contributed by atoms with E-state index in [0.717, 1.165) is 31.7 Å². The molecule has 2 saturated carbocycles. The van der Waals surface area contributed by atoms with Gasteiger partial charge in [-0.25, -0.2) is 24.2 Å². The number of rotatable bonds is 17. The maximum Gasteiger partial charge on any atom is 0.342 e. The minimum absolute atomic E-state index is 0. The van der Waals surface area contributed by atoms with Crippen LogP contribution in [-0.4, -0.2) is 69.7 Å². The number of amides is 2. The molecule has 4 atom stereocenters. The Balaban J connectivity index is 0.0000124. The molecule has 1 aliphatic heterocycles. The van der Waals surface area contributed by atoms with E-state index in [-0.39, 0.29) is 128 Å². The number of esters is 2. The summed E-state index contributed by atoms with van der Waals surface area (Å²) in [7, 11) is 0.